The van der Waals surface area contributed by atoms with Crippen LogP contribution in [-0.2, 0) is 4.79 Å². The van der Waals surface area contributed by atoms with Crippen molar-refractivity contribution in [2.45, 2.75) is 0 Å². The molecule has 1 fully saturated rings. The second-order valence-corrected chi connectivity index (χ2v) is 4.19. The van der Waals surface area contributed by atoms with Crippen molar-refractivity contribution in [3.63, 3.8) is 0 Å². The lowest BCUT2D eigenvalue weighted by atomic mass is 10.1. The van der Waals surface area contributed by atoms with Crippen LogP contribution in [0.15, 0.2) is 18.2 Å². The Kier molecular flexibility index (Phi) is 3.83. The molecule has 0 aliphatic carbocycles. The van der Waals surface area contributed by atoms with E-state index in [-0.39, 0.29) is 29.5 Å². The maximum Gasteiger partial charge on any atom is 0.311 e. The molecule has 0 radical (unpaired) electrons. The van der Waals surface area contributed by atoms with Crippen LogP contribution < -0.4 is 10.1 Å². The van der Waals surface area contributed by atoms with Gasteiger partial charge >= 0.3 is 5.69 Å². The van der Waals surface area contributed by atoms with Crippen LogP contribution >= 0.6 is 0 Å². The first-order valence-corrected chi connectivity index (χ1v) is 5.92. The number of nitrogens with one attached hydrogen (secondary N) is 1. The third kappa shape index (κ3) is 2.53. The molecule has 106 valence electrons. The molecule has 0 spiro atoms. The third-order valence-corrected chi connectivity index (χ3v) is 2.95. The number of ether oxygens (including phenoxy) is 1. The Bertz CT molecular complexity index is 572. The number of para-hydroxylation sites is 1. The third-order valence-electron chi connectivity index (χ3n) is 2.95. The van der Waals surface area contributed by atoms with Gasteiger partial charge in [-0.25, -0.2) is 0 Å². The zero-order valence-electron chi connectivity index (χ0n) is 10.8. The van der Waals surface area contributed by atoms with Crippen LogP contribution in [0, 0.1) is 10.1 Å². The summed E-state index contributed by atoms with van der Waals surface area (Å²) in [5, 5.41) is 13.5. The van der Waals surface area contributed by atoms with Gasteiger partial charge in [0, 0.05) is 19.2 Å². The highest BCUT2D eigenvalue weighted by Crippen LogP contribution is 2.31. The maximum absolute atomic E-state index is 12.3. The molecule has 2 rings (SSSR count). The Balaban J connectivity index is 2.36. The summed E-state index contributed by atoms with van der Waals surface area (Å²) in [7, 11) is 1.27. The molecule has 1 heterocycles. The summed E-state index contributed by atoms with van der Waals surface area (Å²) >= 11 is 0. The minimum atomic E-state index is -0.613. The van der Waals surface area contributed by atoms with E-state index in [4.69, 9.17) is 4.74 Å². The Morgan fingerprint density at radius 2 is 2.25 bits per heavy atom. The molecule has 0 unspecified atom stereocenters. The summed E-state index contributed by atoms with van der Waals surface area (Å²) in [6.45, 7) is 0.656. The van der Waals surface area contributed by atoms with Crippen molar-refractivity contribution < 1.29 is 19.2 Å². The van der Waals surface area contributed by atoms with E-state index in [1.165, 1.54) is 30.2 Å². The number of nitrogens with zero attached hydrogens (tertiary/aromatic N) is 2. The van der Waals surface area contributed by atoms with Gasteiger partial charge in [-0.1, -0.05) is 6.07 Å². The summed E-state index contributed by atoms with van der Waals surface area (Å²) in [5.74, 6) is -0.803. The molecule has 0 bridgehead atoms. The zero-order valence-corrected chi connectivity index (χ0v) is 10.8. The minimum Gasteiger partial charge on any atom is -0.490 e. The molecule has 1 aromatic rings. The van der Waals surface area contributed by atoms with Gasteiger partial charge in [0.05, 0.1) is 24.1 Å². The van der Waals surface area contributed by atoms with Crippen LogP contribution in [0.5, 0.6) is 5.75 Å². The fourth-order valence-electron chi connectivity index (χ4n) is 2.03. The zero-order chi connectivity index (χ0) is 14.7. The van der Waals surface area contributed by atoms with E-state index in [9.17, 15) is 19.7 Å². The monoisotopic (exact) mass is 279 g/mol. The lowest BCUT2D eigenvalue weighted by Gasteiger charge is -2.27. The van der Waals surface area contributed by atoms with Crippen molar-refractivity contribution in [1.29, 1.82) is 0 Å². The molecule has 0 aromatic heterocycles. The van der Waals surface area contributed by atoms with Crippen molar-refractivity contribution in [2.75, 3.05) is 26.7 Å². The van der Waals surface area contributed by atoms with E-state index in [0.29, 0.717) is 13.1 Å². The van der Waals surface area contributed by atoms with Crippen molar-refractivity contribution in [3.8, 4) is 5.75 Å². The first kappa shape index (κ1) is 13.8. The highest BCUT2D eigenvalue weighted by Gasteiger charge is 2.28. The van der Waals surface area contributed by atoms with E-state index in [1.54, 1.807) is 0 Å². The topological polar surface area (TPSA) is 102 Å². The summed E-state index contributed by atoms with van der Waals surface area (Å²) in [4.78, 5) is 35.3. The van der Waals surface area contributed by atoms with Gasteiger partial charge in [-0.15, -0.1) is 0 Å². The van der Waals surface area contributed by atoms with Gasteiger partial charge in [0.2, 0.25) is 11.7 Å². The molecular weight excluding hydrogens is 266 g/mol. The molecule has 0 saturated carbocycles. The van der Waals surface area contributed by atoms with Crippen molar-refractivity contribution in [3.05, 3.63) is 33.9 Å². The Morgan fingerprint density at radius 1 is 1.50 bits per heavy atom. The SMILES string of the molecule is COc1c(C(=O)N2CCNC(=O)C2)cccc1[N+](=O)[O-]. The van der Waals surface area contributed by atoms with E-state index < -0.39 is 10.8 Å². The van der Waals surface area contributed by atoms with E-state index in [2.05, 4.69) is 5.32 Å². The Labute approximate surface area is 114 Å². The van der Waals surface area contributed by atoms with Gasteiger partial charge in [0.1, 0.15) is 0 Å². The van der Waals surface area contributed by atoms with Crippen LogP contribution in [0.4, 0.5) is 5.69 Å². The summed E-state index contributed by atoms with van der Waals surface area (Å²) in [5.41, 5.74) is -0.198. The van der Waals surface area contributed by atoms with Crippen molar-refractivity contribution in [1.82, 2.24) is 10.2 Å². The van der Waals surface area contributed by atoms with E-state index in [1.807, 2.05) is 0 Å². The number of methoxy groups -OCH3 is 1. The van der Waals surface area contributed by atoms with Gasteiger partial charge in [0.25, 0.3) is 5.91 Å². The van der Waals surface area contributed by atoms with E-state index >= 15 is 0 Å². The number of nitro benzene ring substituents is 1. The maximum atomic E-state index is 12.3. The number of hydrogen-bond donors (Lipinski definition) is 1. The number of carbonyl (C=O) groups excluding carboxylic acids is 2. The number of piperazine rings is 1. The van der Waals surface area contributed by atoms with Crippen LogP contribution in [0.2, 0.25) is 0 Å². The predicted octanol–water partition coefficient (Wildman–Crippen LogP) is 0.175. The lowest BCUT2D eigenvalue weighted by molar-refractivity contribution is -0.385. The van der Waals surface area contributed by atoms with Crippen molar-refractivity contribution in [2.24, 2.45) is 0 Å². The second kappa shape index (κ2) is 5.55. The quantitative estimate of drug-likeness (QED) is 0.628. The van der Waals surface area contributed by atoms with Gasteiger partial charge in [-0.05, 0) is 6.07 Å². The predicted molar refractivity (Wildman–Crippen MR) is 68.6 cm³/mol. The molecule has 1 aliphatic rings. The number of rotatable bonds is 3. The number of benzene rings is 1. The molecule has 1 aliphatic heterocycles. The molecule has 8 nitrogen and oxygen atoms in total. The smallest absolute Gasteiger partial charge is 0.311 e. The number of nitro groups is 1. The van der Waals surface area contributed by atoms with E-state index in [0.717, 1.165) is 0 Å². The number of amides is 2. The minimum absolute atomic E-state index is 0.0648. The van der Waals surface area contributed by atoms with Gasteiger partial charge in [-0.2, -0.15) is 0 Å². The average Bonchev–Trinajstić information content (AvgIpc) is 2.45. The molecular formula is C12H13N3O5. The summed E-state index contributed by atoms with van der Waals surface area (Å²) < 4.78 is 4.99. The first-order valence-electron chi connectivity index (χ1n) is 5.92. The summed E-state index contributed by atoms with van der Waals surface area (Å²) in [6.07, 6.45) is 0. The first-order chi connectivity index (χ1) is 9.54. The molecule has 1 saturated heterocycles. The normalized spacial score (nSPS) is 14.7. The molecule has 0 atom stereocenters. The average molecular weight is 279 g/mol. The molecule has 2 amide bonds. The van der Waals surface area contributed by atoms with Crippen LogP contribution in [0.3, 0.4) is 0 Å². The molecule has 1 aromatic carbocycles. The standard InChI is InChI=1S/C12H13N3O5/c1-20-11-8(3-2-4-9(11)15(18)19)12(17)14-6-5-13-10(16)7-14/h2-4H,5-7H2,1H3,(H,13,16). The fourth-order valence-corrected chi connectivity index (χ4v) is 2.03. The lowest BCUT2D eigenvalue weighted by Crippen LogP contribution is -2.50. The molecule has 8 heteroatoms. The van der Waals surface area contributed by atoms with Gasteiger partial charge in [-0.3, -0.25) is 19.7 Å². The highest BCUT2D eigenvalue weighted by atomic mass is 16.6. The van der Waals surface area contributed by atoms with Crippen LogP contribution in [-0.4, -0.2) is 48.4 Å². The number of carbonyl (C=O) groups is 2. The molecule has 20 heavy (non-hydrogen) atoms. The number of hydrogen-bond acceptors (Lipinski definition) is 5. The fraction of sp³-hybridized carbons (Fsp3) is 0.333. The largest absolute Gasteiger partial charge is 0.490 e. The Hall–Kier alpha value is -2.64. The van der Waals surface area contributed by atoms with Crippen LogP contribution in [0.25, 0.3) is 0 Å². The van der Waals surface area contributed by atoms with Gasteiger partial charge < -0.3 is 15.0 Å². The van der Waals surface area contributed by atoms with Gasteiger partial charge in [0.15, 0.2) is 0 Å². The Morgan fingerprint density at radius 3 is 2.85 bits per heavy atom. The van der Waals surface area contributed by atoms with Crippen LogP contribution in [0.1, 0.15) is 10.4 Å². The van der Waals surface area contributed by atoms with Crippen molar-refractivity contribution >= 4 is 17.5 Å². The molecule has 1 N–H and O–H groups in total. The summed E-state index contributed by atoms with van der Waals surface area (Å²) in [6, 6.07) is 4.12. The second-order valence-electron chi connectivity index (χ2n) is 4.19. The highest BCUT2D eigenvalue weighted by molar-refractivity contribution is 6.00.